The molecule has 0 atom stereocenters. The molecule has 11 heteroatoms. The van der Waals surface area contributed by atoms with E-state index in [2.05, 4.69) is 5.32 Å². The molecular formula is C14H14F3N3O3S2. The van der Waals surface area contributed by atoms with Crippen LogP contribution in [0.5, 0.6) is 0 Å². The molecule has 0 spiro atoms. The molecule has 3 N–H and O–H groups in total. The molecule has 25 heavy (non-hydrogen) atoms. The average Bonchev–Trinajstić information content (AvgIpc) is 2.95. The van der Waals surface area contributed by atoms with Crippen LogP contribution in [0.1, 0.15) is 15.9 Å². The molecule has 0 saturated carbocycles. The Balaban J connectivity index is 2.37. The summed E-state index contributed by atoms with van der Waals surface area (Å²) < 4.78 is 61.0. The van der Waals surface area contributed by atoms with Crippen molar-refractivity contribution in [1.82, 2.24) is 0 Å². The molecule has 1 amide bonds. The predicted molar refractivity (Wildman–Crippen MR) is 89.4 cm³/mol. The number of alkyl halides is 3. The number of hydrogen-bond donors (Lipinski definition) is 2. The van der Waals surface area contributed by atoms with Gasteiger partial charge in [-0.05, 0) is 24.3 Å². The molecular weight excluding hydrogens is 379 g/mol. The first kappa shape index (κ1) is 19.2. The van der Waals surface area contributed by atoms with Crippen molar-refractivity contribution in [3.05, 3.63) is 40.8 Å². The zero-order valence-electron chi connectivity index (χ0n) is 13.1. The summed E-state index contributed by atoms with van der Waals surface area (Å²) in [6.45, 7) is 0. The van der Waals surface area contributed by atoms with E-state index in [0.29, 0.717) is 5.69 Å². The summed E-state index contributed by atoms with van der Waals surface area (Å²) in [5.74, 6) is -0.742. The molecule has 0 unspecified atom stereocenters. The minimum Gasteiger partial charge on any atom is -0.376 e. The van der Waals surface area contributed by atoms with Crippen LogP contribution < -0.4 is 15.4 Å². The van der Waals surface area contributed by atoms with Crippen LogP contribution >= 0.6 is 11.3 Å². The second-order valence-corrected chi connectivity index (χ2v) is 7.98. The molecule has 6 nitrogen and oxygen atoms in total. The van der Waals surface area contributed by atoms with Gasteiger partial charge in [0, 0.05) is 19.5 Å². The summed E-state index contributed by atoms with van der Waals surface area (Å²) in [5.41, 5.74) is -0.614. The highest BCUT2D eigenvalue weighted by atomic mass is 32.2. The Hall–Kier alpha value is -2.11. The third-order valence-corrected chi connectivity index (χ3v) is 5.56. The number of sulfonamides is 1. The van der Waals surface area contributed by atoms with Gasteiger partial charge in [0.1, 0.15) is 4.21 Å². The van der Waals surface area contributed by atoms with E-state index in [1.54, 1.807) is 19.0 Å². The van der Waals surface area contributed by atoms with Gasteiger partial charge in [0.25, 0.3) is 5.91 Å². The Labute approximate surface area is 146 Å². The number of primary sulfonamides is 1. The van der Waals surface area contributed by atoms with Crippen LogP contribution in [0.4, 0.5) is 24.5 Å². The Bertz CT molecular complexity index is 906. The van der Waals surface area contributed by atoms with Crippen LogP contribution in [-0.2, 0) is 16.2 Å². The third kappa shape index (κ3) is 4.50. The zero-order chi connectivity index (χ0) is 19.0. The fourth-order valence-electron chi connectivity index (χ4n) is 1.98. The van der Waals surface area contributed by atoms with Gasteiger partial charge in [-0.1, -0.05) is 0 Å². The lowest BCUT2D eigenvalue weighted by Gasteiger charge is -2.19. The molecule has 1 aromatic heterocycles. The first-order chi connectivity index (χ1) is 11.4. The van der Waals surface area contributed by atoms with Crippen LogP contribution in [0.3, 0.4) is 0 Å². The van der Waals surface area contributed by atoms with Crippen molar-refractivity contribution >= 4 is 38.6 Å². The van der Waals surface area contributed by atoms with Gasteiger partial charge in [0.05, 0.1) is 22.5 Å². The van der Waals surface area contributed by atoms with Gasteiger partial charge in [-0.3, -0.25) is 4.79 Å². The molecule has 0 bridgehead atoms. The summed E-state index contributed by atoms with van der Waals surface area (Å²) in [6, 6.07) is 4.04. The number of carbonyl (C=O) groups excluding carboxylic acids is 1. The molecule has 2 rings (SSSR count). The molecule has 0 aliphatic carbocycles. The highest BCUT2D eigenvalue weighted by molar-refractivity contribution is 7.91. The minimum absolute atomic E-state index is 0.0175. The van der Waals surface area contributed by atoms with Crippen LogP contribution in [0.25, 0.3) is 0 Å². The molecule has 0 fully saturated rings. The van der Waals surface area contributed by atoms with Crippen LogP contribution in [0, 0.1) is 0 Å². The second-order valence-electron chi connectivity index (χ2n) is 5.28. The highest BCUT2D eigenvalue weighted by Gasteiger charge is 2.31. The summed E-state index contributed by atoms with van der Waals surface area (Å²) in [7, 11) is -0.728. The number of halogens is 3. The van der Waals surface area contributed by atoms with Gasteiger partial charge in [-0.15, -0.1) is 11.3 Å². The van der Waals surface area contributed by atoms with Gasteiger partial charge < -0.3 is 10.2 Å². The lowest BCUT2D eigenvalue weighted by Crippen LogP contribution is -2.18. The zero-order valence-corrected chi connectivity index (χ0v) is 14.7. The van der Waals surface area contributed by atoms with Crippen molar-refractivity contribution in [2.75, 3.05) is 24.3 Å². The predicted octanol–water partition coefficient (Wildman–Crippen LogP) is 2.73. The Morgan fingerprint density at radius 2 is 1.88 bits per heavy atom. The molecule has 0 aliphatic rings. The monoisotopic (exact) mass is 393 g/mol. The molecule has 0 radical (unpaired) electrons. The number of anilines is 2. The maximum atomic E-state index is 12.9. The number of nitrogens with zero attached hydrogens (tertiary/aromatic N) is 1. The number of thiophene rings is 1. The van der Waals surface area contributed by atoms with Gasteiger partial charge in [0.2, 0.25) is 10.0 Å². The summed E-state index contributed by atoms with van der Waals surface area (Å²) in [6.07, 6.45) is -4.56. The number of amides is 1. The quantitative estimate of drug-likeness (QED) is 0.835. The van der Waals surface area contributed by atoms with Gasteiger partial charge in [-0.25, -0.2) is 13.6 Å². The number of benzene rings is 1. The summed E-state index contributed by atoms with van der Waals surface area (Å²) in [5, 5.41) is 8.61. The van der Waals surface area contributed by atoms with Crippen LogP contribution in [0.2, 0.25) is 0 Å². The molecule has 1 aromatic carbocycles. The number of nitrogens with two attached hydrogens (primary N) is 1. The van der Waals surface area contributed by atoms with Crippen molar-refractivity contribution in [3.63, 3.8) is 0 Å². The van der Waals surface area contributed by atoms with E-state index in [9.17, 15) is 26.4 Å². The Kier molecular flexibility index (Phi) is 5.11. The standard InChI is InChI=1S/C14H14F3N3O3S2/c1-20(2)11-4-3-9(14(15,16)17)6-10(11)19-13(21)8-5-12(24-7-8)25(18,22)23/h3-7H,1-2H3,(H,19,21)(H2,18,22,23). The third-order valence-electron chi connectivity index (χ3n) is 3.17. The van der Waals surface area contributed by atoms with Gasteiger partial charge in [0.15, 0.2) is 0 Å². The lowest BCUT2D eigenvalue weighted by molar-refractivity contribution is -0.137. The Morgan fingerprint density at radius 3 is 2.36 bits per heavy atom. The smallest absolute Gasteiger partial charge is 0.376 e. The summed E-state index contributed by atoms with van der Waals surface area (Å²) >= 11 is 0.749. The Morgan fingerprint density at radius 1 is 1.24 bits per heavy atom. The van der Waals surface area contributed by atoms with E-state index in [-0.39, 0.29) is 15.5 Å². The average molecular weight is 393 g/mol. The van der Waals surface area contributed by atoms with E-state index in [1.165, 1.54) is 11.4 Å². The van der Waals surface area contributed by atoms with E-state index < -0.39 is 27.7 Å². The van der Waals surface area contributed by atoms with Crippen LogP contribution in [-0.4, -0.2) is 28.4 Å². The first-order valence-corrected chi connectivity index (χ1v) is 9.13. The van der Waals surface area contributed by atoms with Crippen molar-refractivity contribution in [2.45, 2.75) is 10.4 Å². The van der Waals surface area contributed by atoms with E-state index >= 15 is 0 Å². The van der Waals surface area contributed by atoms with Crippen molar-refractivity contribution in [3.8, 4) is 0 Å². The highest BCUT2D eigenvalue weighted by Crippen LogP contribution is 2.35. The topological polar surface area (TPSA) is 92.5 Å². The maximum Gasteiger partial charge on any atom is 0.416 e. The molecule has 2 aromatic rings. The first-order valence-electron chi connectivity index (χ1n) is 6.71. The van der Waals surface area contributed by atoms with Crippen molar-refractivity contribution in [2.24, 2.45) is 5.14 Å². The molecule has 1 heterocycles. The van der Waals surface area contributed by atoms with Gasteiger partial charge in [-0.2, -0.15) is 13.2 Å². The second kappa shape index (κ2) is 6.65. The molecule has 136 valence electrons. The fraction of sp³-hybridized carbons (Fsp3) is 0.214. The van der Waals surface area contributed by atoms with E-state index in [4.69, 9.17) is 5.14 Å². The summed E-state index contributed by atoms with van der Waals surface area (Å²) in [4.78, 5) is 13.8. The lowest BCUT2D eigenvalue weighted by atomic mass is 10.1. The minimum atomic E-state index is -4.56. The SMILES string of the molecule is CN(C)c1ccc(C(F)(F)F)cc1NC(=O)c1csc(S(N)(=O)=O)c1. The van der Waals surface area contributed by atoms with Gasteiger partial charge >= 0.3 is 6.18 Å². The normalized spacial score (nSPS) is 12.1. The number of hydrogen-bond acceptors (Lipinski definition) is 5. The number of rotatable bonds is 4. The maximum absolute atomic E-state index is 12.9. The van der Waals surface area contributed by atoms with E-state index in [1.807, 2.05) is 0 Å². The molecule has 0 saturated heterocycles. The number of nitrogens with one attached hydrogen (secondary N) is 1. The van der Waals surface area contributed by atoms with E-state index in [0.717, 1.165) is 29.5 Å². The molecule has 0 aliphatic heterocycles. The van der Waals surface area contributed by atoms with Crippen molar-refractivity contribution in [1.29, 1.82) is 0 Å². The van der Waals surface area contributed by atoms with Crippen LogP contribution in [0.15, 0.2) is 33.9 Å². The van der Waals surface area contributed by atoms with Crippen molar-refractivity contribution < 1.29 is 26.4 Å². The largest absolute Gasteiger partial charge is 0.416 e. The fourth-order valence-corrected chi connectivity index (χ4v) is 3.57. The number of carbonyl (C=O) groups is 1.